The van der Waals surface area contributed by atoms with E-state index < -0.39 is 24.6 Å². The molecule has 0 aliphatic carbocycles. The molecule has 1 aromatic rings. The van der Waals surface area contributed by atoms with Crippen molar-refractivity contribution in [2.24, 2.45) is 0 Å². The van der Waals surface area contributed by atoms with Crippen LogP contribution in [0.1, 0.15) is 17.3 Å². The Morgan fingerprint density at radius 3 is 2.29 bits per heavy atom. The maximum atomic E-state index is 12.7. The van der Waals surface area contributed by atoms with Gasteiger partial charge in [-0.3, -0.25) is 4.79 Å². The van der Waals surface area contributed by atoms with Crippen LogP contribution in [0.25, 0.3) is 0 Å². The molecule has 17 heavy (non-hydrogen) atoms. The number of hydrogen-bond acceptors (Lipinski definition) is 3. The Kier molecular flexibility index (Phi) is 4.33. The second-order valence-corrected chi connectivity index (χ2v) is 8.64. The Morgan fingerprint density at radius 2 is 1.88 bits per heavy atom. The average molecular weight is 344 g/mol. The Hall–Kier alpha value is -0.460. The molecule has 0 aliphatic rings. The number of carbonyl (C=O) groups is 1. The van der Waals surface area contributed by atoms with E-state index in [2.05, 4.69) is 15.9 Å². The van der Waals surface area contributed by atoms with Crippen molar-refractivity contribution in [1.82, 2.24) is 0 Å². The zero-order valence-corrected chi connectivity index (χ0v) is 11.9. The van der Waals surface area contributed by atoms with E-state index in [4.69, 9.17) is 11.6 Å². The van der Waals surface area contributed by atoms with Crippen LogP contribution in [0, 0.1) is 5.82 Å². The van der Waals surface area contributed by atoms with E-state index in [1.54, 1.807) is 0 Å². The second kappa shape index (κ2) is 5.04. The molecule has 3 nitrogen and oxygen atoms in total. The van der Waals surface area contributed by atoms with Gasteiger partial charge in [-0.25, -0.2) is 12.8 Å². The monoisotopic (exact) mass is 342 g/mol. The molecule has 1 aromatic carbocycles. The molecule has 0 aromatic heterocycles. The van der Waals surface area contributed by atoms with Gasteiger partial charge in [0.2, 0.25) is 5.78 Å². The van der Waals surface area contributed by atoms with Gasteiger partial charge in [-0.15, -0.1) is 0 Å². The van der Waals surface area contributed by atoms with Gasteiger partial charge in [0.1, 0.15) is 5.82 Å². The van der Waals surface area contributed by atoms with Crippen LogP contribution >= 0.6 is 27.5 Å². The lowest BCUT2D eigenvalue weighted by Crippen LogP contribution is -2.36. The second-order valence-electron chi connectivity index (χ2n) is 3.26. The van der Waals surface area contributed by atoms with Crippen LogP contribution in [0.4, 0.5) is 4.39 Å². The maximum absolute atomic E-state index is 12.7. The molecule has 1 rings (SSSR count). The van der Waals surface area contributed by atoms with E-state index in [0.717, 1.165) is 12.1 Å². The van der Waals surface area contributed by atoms with E-state index >= 15 is 0 Å². The third-order valence-electron chi connectivity index (χ3n) is 2.14. The Bertz CT molecular complexity index is 525. The first kappa shape index (κ1) is 14.6. The third kappa shape index (κ3) is 2.86. The van der Waals surface area contributed by atoms with Crippen LogP contribution in [-0.2, 0) is 9.84 Å². The van der Waals surface area contributed by atoms with Crippen molar-refractivity contribution in [3.8, 4) is 0 Å². The summed E-state index contributed by atoms with van der Waals surface area (Å²) in [5.41, 5.74) is 0.0234. The highest BCUT2D eigenvalue weighted by molar-refractivity contribution is 9.12. The molecule has 0 radical (unpaired) electrons. The lowest BCUT2D eigenvalue weighted by atomic mass is 10.1. The van der Waals surface area contributed by atoms with Crippen molar-refractivity contribution in [2.45, 2.75) is 10.0 Å². The van der Waals surface area contributed by atoms with Crippen molar-refractivity contribution in [3.05, 3.63) is 35.6 Å². The largest absolute Gasteiger partial charge is 0.290 e. The van der Waals surface area contributed by atoms with Gasteiger partial charge in [0.05, 0.1) is 5.75 Å². The summed E-state index contributed by atoms with van der Waals surface area (Å²) in [5.74, 6) is -1.63. The number of ketones is 1. The van der Waals surface area contributed by atoms with E-state index in [-0.39, 0.29) is 11.3 Å². The van der Waals surface area contributed by atoms with Crippen LogP contribution in [-0.4, -0.2) is 23.1 Å². The van der Waals surface area contributed by atoms with Gasteiger partial charge in [0, 0.05) is 5.56 Å². The smallest absolute Gasteiger partial charge is 0.261 e. The fourth-order valence-electron chi connectivity index (χ4n) is 1.09. The molecule has 1 unspecified atom stereocenters. The average Bonchev–Trinajstić information content (AvgIpc) is 2.28. The van der Waals surface area contributed by atoms with Gasteiger partial charge < -0.3 is 0 Å². The molecular weight excluding hydrogens is 335 g/mol. The van der Waals surface area contributed by atoms with Crippen molar-refractivity contribution >= 4 is 43.2 Å². The predicted octanol–water partition coefficient (Wildman–Crippen LogP) is 2.73. The molecule has 0 saturated heterocycles. The predicted molar refractivity (Wildman–Crippen MR) is 67.7 cm³/mol. The van der Waals surface area contributed by atoms with Gasteiger partial charge in [-0.1, -0.05) is 18.5 Å². The van der Waals surface area contributed by atoms with Gasteiger partial charge in [0.25, 0.3) is 3.12 Å². The molecule has 0 saturated carbocycles. The van der Waals surface area contributed by atoms with Gasteiger partial charge >= 0.3 is 0 Å². The highest BCUT2D eigenvalue weighted by Gasteiger charge is 2.45. The van der Waals surface area contributed by atoms with Crippen molar-refractivity contribution < 1.29 is 17.6 Å². The SMILES string of the molecule is CCS(=O)(=O)C(Cl)(Br)C(=O)c1ccc(F)cc1. The summed E-state index contributed by atoms with van der Waals surface area (Å²) < 4.78 is 33.7. The van der Waals surface area contributed by atoms with Crippen LogP contribution < -0.4 is 0 Å². The quantitative estimate of drug-likeness (QED) is 0.624. The number of halogens is 3. The zero-order chi connectivity index (χ0) is 13.3. The van der Waals surface area contributed by atoms with Gasteiger partial charge in [-0.05, 0) is 40.2 Å². The van der Waals surface area contributed by atoms with E-state index in [0.29, 0.717) is 0 Å². The highest BCUT2D eigenvalue weighted by Crippen LogP contribution is 2.34. The van der Waals surface area contributed by atoms with Crippen molar-refractivity contribution in [2.75, 3.05) is 5.75 Å². The van der Waals surface area contributed by atoms with Gasteiger partial charge in [0.15, 0.2) is 9.84 Å². The number of Topliss-reactive ketones (excluding diaryl/α,β-unsaturated/α-hetero) is 1. The minimum atomic E-state index is -3.82. The number of carbonyl (C=O) groups excluding carboxylic acids is 1. The molecule has 94 valence electrons. The molecule has 0 amide bonds. The topological polar surface area (TPSA) is 51.2 Å². The summed E-state index contributed by atoms with van der Waals surface area (Å²) in [7, 11) is -3.82. The standard InChI is InChI=1S/C10H9BrClFO3S/c1-2-17(15,16)10(11,12)9(14)7-3-5-8(13)6-4-7/h3-6H,2H2,1H3. The number of benzene rings is 1. The lowest BCUT2D eigenvalue weighted by molar-refractivity contribution is 0.1000. The Morgan fingerprint density at radius 1 is 1.41 bits per heavy atom. The molecule has 0 bridgehead atoms. The van der Waals surface area contributed by atoms with Crippen LogP contribution in [0.15, 0.2) is 24.3 Å². The Labute approximate surface area is 112 Å². The Balaban J connectivity index is 3.18. The van der Waals surface area contributed by atoms with E-state index in [1.807, 2.05) is 0 Å². The van der Waals surface area contributed by atoms with Gasteiger partial charge in [-0.2, -0.15) is 0 Å². The molecule has 0 aliphatic heterocycles. The zero-order valence-electron chi connectivity index (χ0n) is 8.78. The third-order valence-corrected chi connectivity index (χ3v) is 6.58. The number of sulfone groups is 1. The van der Waals surface area contributed by atoms with E-state index in [9.17, 15) is 17.6 Å². The first-order valence-electron chi connectivity index (χ1n) is 4.63. The molecule has 0 N–H and O–H groups in total. The van der Waals surface area contributed by atoms with E-state index in [1.165, 1.54) is 19.1 Å². The summed E-state index contributed by atoms with van der Waals surface area (Å²) >= 11 is 8.46. The molecule has 0 spiro atoms. The minimum Gasteiger partial charge on any atom is -0.290 e. The fourth-order valence-corrected chi connectivity index (χ4v) is 3.21. The van der Waals surface area contributed by atoms with Crippen LogP contribution in [0.5, 0.6) is 0 Å². The summed E-state index contributed by atoms with van der Waals surface area (Å²) in [6.45, 7) is 1.38. The summed E-state index contributed by atoms with van der Waals surface area (Å²) in [6, 6.07) is 4.49. The summed E-state index contributed by atoms with van der Waals surface area (Å²) in [4.78, 5) is 11.9. The molecule has 1 atom stereocenters. The van der Waals surface area contributed by atoms with Crippen molar-refractivity contribution in [3.63, 3.8) is 0 Å². The lowest BCUT2D eigenvalue weighted by Gasteiger charge is -2.18. The molecule has 7 heteroatoms. The van der Waals surface area contributed by atoms with Crippen LogP contribution in [0.3, 0.4) is 0 Å². The maximum Gasteiger partial charge on any atom is 0.261 e. The summed E-state index contributed by atoms with van der Waals surface area (Å²) in [5, 5.41) is 0. The highest BCUT2D eigenvalue weighted by atomic mass is 79.9. The van der Waals surface area contributed by atoms with Crippen LogP contribution in [0.2, 0.25) is 0 Å². The first-order chi connectivity index (χ1) is 7.72. The van der Waals surface area contributed by atoms with Crippen molar-refractivity contribution in [1.29, 1.82) is 0 Å². The fraction of sp³-hybridized carbons (Fsp3) is 0.300. The number of alkyl halides is 2. The molecule has 0 heterocycles. The number of hydrogen-bond donors (Lipinski definition) is 0. The molecular formula is C10H9BrClFO3S. The summed E-state index contributed by atoms with van der Waals surface area (Å²) in [6.07, 6.45) is 0. The first-order valence-corrected chi connectivity index (χ1v) is 7.45. The minimum absolute atomic E-state index is 0.0234. The molecule has 0 fully saturated rings. The normalized spacial score (nSPS) is 15.3. The number of rotatable bonds is 4.